The number of aromatic nitrogens is 1. The fourth-order valence-electron chi connectivity index (χ4n) is 3.80. The molecule has 0 fully saturated rings. The lowest BCUT2D eigenvalue weighted by molar-refractivity contribution is 0.749. The van der Waals surface area contributed by atoms with Crippen molar-refractivity contribution in [3.05, 3.63) is 91.2 Å². The molecule has 1 heterocycles. The van der Waals surface area contributed by atoms with E-state index in [1.54, 1.807) is 0 Å². The Balaban J connectivity index is 1.85. The van der Waals surface area contributed by atoms with Crippen LogP contribution in [0.15, 0.2) is 96.2 Å². The van der Waals surface area contributed by atoms with Crippen molar-refractivity contribution in [2.75, 3.05) is 0 Å². The van der Waals surface area contributed by atoms with Gasteiger partial charge in [0.2, 0.25) is 0 Å². The van der Waals surface area contributed by atoms with E-state index in [4.69, 9.17) is 0 Å². The first-order valence-electron chi connectivity index (χ1n) is 9.00. The van der Waals surface area contributed by atoms with E-state index in [1.165, 1.54) is 27.5 Å². The lowest BCUT2D eigenvalue weighted by atomic mass is 9.94. The molecule has 0 N–H and O–H groups in total. The van der Waals surface area contributed by atoms with Crippen molar-refractivity contribution in [2.24, 2.45) is 10.9 Å². The van der Waals surface area contributed by atoms with Crippen LogP contribution in [0.1, 0.15) is 13.3 Å². The van der Waals surface area contributed by atoms with Gasteiger partial charge in [0.05, 0.1) is 11.0 Å². The molecular formula is C24H22N2. The molecule has 2 heteroatoms. The molecule has 0 spiro atoms. The molecule has 0 saturated carbocycles. The molecule has 4 rings (SSSR count). The number of allylic oxidation sites excluding steroid dienone is 6. The molecule has 2 nitrogen and oxygen atoms in total. The molecule has 26 heavy (non-hydrogen) atoms. The maximum absolute atomic E-state index is 4.56. The van der Waals surface area contributed by atoms with E-state index in [9.17, 15) is 0 Å². The molecule has 1 aromatic heterocycles. The first kappa shape index (κ1) is 16.3. The quantitative estimate of drug-likeness (QED) is 0.388. The molecule has 0 aliphatic heterocycles. The van der Waals surface area contributed by atoms with E-state index in [2.05, 4.69) is 82.9 Å². The highest BCUT2D eigenvalue weighted by molar-refractivity contribution is 6.10. The number of fused-ring (bicyclic) bond motifs is 3. The number of hydrogen-bond acceptors (Lipinski definition) is 1. The number of rotatable bonds is 4. The van der Waals surface area contributed by atoms with Gasteiger partial charge in [0.1, 0.15) is 0 Å². The highest BCUT2D eigenvalue weighted by Crippen LogP contribution is 2.36. The number of para-hydroxylation sites is 2. The van der Waals surface area contributed by atoms with Crippen LogP contribution in [0, 0.1) is 5.92 Å². The van der Waals surface area contributed by atoms with Crippen LogP contribution in [0.4, 0.5) is 0 Å². The average molecular weight is 338 g/mol. The first-order valence-corrected chi connectivity index (χ1v) is 9.00. The van der Waals surface area contributed by atoms with Gasteiger partial charge in [-0.05, 0) is 37.6 Å². The van der Waals surface area contributed by atoms with Crippen LogP contribution >= 0.6 is 0 Å². The summed E-state index contributed by atoms with van der Waals surface area (Å²) in [6, 6.07) is 17.3. The Kier molecular flexibility index (Phi) is 4.40. The second kappa shape index (κ2) is 7.01. The van der Waals surface area contributed by atoms with Crippen molar-refractivity contribution < 1.29 is 0 Å². The van der Waals surface area contributed by atoms with E-state index in [-0.39, 0.29) is 5.92 Å². The van der Waals surface area contributed by atoms with Gasteiger partial charge in [-0.3, -0.25) is 4.99 Å². The van der Waals surface area contributed by atoms with Crippen molar-refractivity contribution in [2.45, 2.75) is 13.3 Å². The van der Waals surface area contributed by atoms with Crippen LogP contribution in [0.3, 0.4) is 0 Å². The minimum absolute atomic E-state index is 0.254. The summed E-state index contributed by atoms with van der Waals surface area (Å²) >= 11 is 0. The third kappa shape index (κ3) is 2.74. The Morgan fingerprint density at radius 3 is 2.35 bits per heavy atom. The van der Waals surface area contributed by atoms with Gasteiger partial charge in [0.25, 0.3) is 0 Å². The van der Waals surface area contributed by atoms with Crippen LogP contribution in [-0.4, -0.2) is 10.8 Å². The molecule has 1 aliphatic carbocycles. The lowest BCUT2D eigenvalue weighted by Crippen LogP contribution is -2.08. The Labute approximate surface area is 154 Å². The Bertz CT molecular complexity index is 1040. The Morgan fingerprint density at radius 1 is 1.08 bits per heavy atom. The minimum atomic E-state index is 0.254. The molecule has 3 aromatic rings. The largest absolute Gasteiger partial charge is 0.313 e. The minimum Gasteiger partial charge on any atom is -0.313 e. The van der Waals surface area contributed by atoms with E-state index in [0.29, 0.717) is 0 Å². The predicted molar refractivity (Wildman–Crippen MR) is 113 cm³/mol. The summed E-state index contributed by atoms with van der Waals surface area (Å²) in [7, 11) is 0. The number of aliphatic imine (C=N–C) groups is 1. The fraction of sp³-hybridized carbons (Fsp3) is 0.125. The van der Waals surface area contributed by atoms with Crippen molar-refractivity contribution in [1.29, 1.82) is 0 Å². The molecule has 1 atom stereocenters. The molecule has 1 aliphatic rings. The molecule has 1 unspecified atom stereocenters. The van der Waals surface area contributed by atoms with Crippen molar-refractivity contribution in [3.8, 4) is 0 Å². The van der Waals surface area contributed by atoms with E-state index in [1.807, 2.05) is 25.3 Å². The van der Waals surface area contributed by atoms with E-state index < -0.39 is 0 Å². The maximum Gasteiger partial charge on any atom is 0.0537 e. The normalized spacial score (nSPS) is 18.0. The molecule has 0 amide bonds. The highest BCUT2D eigenvalue weighted by Gasteiger charge is 2.19. The molecule has 128 valence electrons. The summed E-state index contributed by atoms with van der Waals surface area (Å²) in [4.78, 5) is 4.56. The summed E-state index contributed by atoms with van der Waals surface area (Å²) < 4.78 is 2.39. The Hall–Kier alpha value is -3.13. The second-order valence-corrected chi connectivity index (χ2v) is 6.44. The molecule has 0 bridgehead atoms. The van der Waals surface area contributed by atoms with Gasteiger partial charge in [0.15, 0.2) is 0 Å². The van der Waals surface area contributed by atoms with Gasteiger partial charge in [-0.2, -0.15) is 0 Å². The summed E-state index contributed by atoms with van der Waals surface area (Å²) in [5, 5.41) is 2.59. The van der Waals surface area contributed by atoms with Crippen LogP contribution < -0.4 is 0 Å². The monoisotopic (exact) mass is 338 g/mol. The van der Waals surface area contributed by atoms with Gasteiger partial charge < -0.3 is 4.57 Å². The predicted octanol–water partition coefficient (Wildman–Crippen LogP) is 6.37. The van der Waals surface area contributed by atoms with E-state index in [0.717, 1.165) is 12.1 Å². The first-order chi connectivity index (χ1) is 12.8. The second-order valence-electron chi connectivity index (χ2n) is 6.44. The third-order valence-corrected chi connectivity index (χ3v) is 4.88. The van der Waals surface area contributed by atoms with Crippen LogP contribution in [0.2, 0.25) is 0 Å². The van der Waals surface area contributed by atoms with Gasteiger partial charge in [-0.25, -0.2) is 0 Å². The molecule has 0 saturated heterocycles. The lowest BCUT2D eigenvalue weighted by Gasteiger charge is -2.21. The summed E-state index contributed by atoms with van der Waals surface area (Å²) in [5.41, 5.74) is 4.84. The van der Waals surface area contributed by atoms with Gasteiger partial charge in [-0.15, -0.1) is 0 Å². The van der Waals surface area contributed by atoms with Crippen molar-refractivity contribution in [3.63, 3.8) is 0 Å². The average Bonchev–Trinajstić information content (AvgIpc) is 3.02. The topological polar surface area (TPSA) is 17.3 Å². The third-order valence-electron chi connectivity index (χ3n) is 4.88. The van der Waals surface area contributed by atoms with Crippen LogP contribution in [0.5, 0.6) is 0 Å². The molecular weight excluding hydrogens is 316 g/mol. The van der Waals surface area contributed by atoms with Crippen molar-refractivity contribution in [1.82, 2.24) is 4.57 Å². The molecule has 0 radical (unpaired) electrons. The van der Waals surface area contributed by atoms with Gasteiger partial charge in [-0.1, -0.05) is 61.2 Å². The fourth-order valence-corrected chi connectivity index (χ4v) is 3.80. The van der Waals surface area contributed by atoms with Gasteiger partial charge in [0, 0.05) is 34.3 Å². The summed E-state index contributed by atoms with van der Waals surface area (Å²) in [6.07, 6.45) is 13.2. The number of hydrogen-bond donors (Lipinski definition) is 0. The Morgan fingerprint density at radius 2 is 1.73 bits per heavy atom. The summed E-state index contributed by atoms with van der Waals surface area (Å²) in [6.45, 7) is 5.79. The standard InChI is InChI=1S/C24H22N2/c1-3-10-22(25-4-2)18-11-9-12-19(17-18)26-23-15-7-5-13-20(23)21-14-6-8-16-24(21)26/h3-16,18H,1,17H2,2H3/b22-10-,25-4?. The zero-order valence-corrected chi connectivity index (χ0v) is 15.0. The maximum atomic E-state index is 4.56. The smallest absolute Gasteiger partial charge is 0.0537 e. The van der Waals surface area contributed by atoms with E-state index >= 15 is 0 Å². The van der Waals surface area contributed by atoms with Gasteiger partial charge >= 0.3 is 0 Å². The highest BCUT2D eigenvalue weighted by atomic mass is 15.0. The zero-order valence-electron chi connectivity index (χ0n) is 15.0. The van der Waals surface area contributed by atoms with Crippen LogP contribution in [0.25, 0.3) is 27.5 Å². The molecule has 2 aromatic carbocycles. The van der Waals surface area contributed by atoms with Crippen LogP contribution in [-0.2, 0) is 0 Å². The number of nitrogens with zero attached hydrogens (tertiary/aromatic N) is 2. The SMILES string of the molecule is C=C/C=C(\N=CC)C1C=CC=C(n2c3ccccc3c3ccccc32)C1. The van der Waals surface area contributed by atoms with Crippen molar-refractivity contribution >= 4 is 33.7 Å². The zero-order chi connectivity index (χ0) is 17.9. The number of benzene rings is 2. The summed E-state index contributed by atoms with van der Waals surface area (Å²) in [5.74, 6) is 0.254.